The largest absolute Gasteiger partial charge is 0.394 e. The van der Waals surface area contributed by atoms with Crippen LogP contribution >= 0.6 is 0 Å². The summed E-state index contributed by atoms with van der Waals surface area (Å²) in [5.74, 6) is -0.430. The van der Waals surface area contributed by atoms with Gasteiger partial charge in [0.1, 0.15) is 5.82 Å². The molecule has 182 valence electrons. The van der Waals surface area contributed by atoms with E-state index in [1.54, 1.807) is 6.07 Å². The van der Waals surface area contributed by atoms with E-state index in [1.807, 2.05) is 6.07 Å². The van der Waals surface area contributed by atoms with E-state index in [0.717, 1.165) is 19.3 Å². The number of halogens is 1. The van der Waals surface area contributed by atoms with Crippen LogP contribution in [0.2, 0.25) is 0 Å². The normalized spacial score (nSPS) is 12.1. The SMILES string of the molecule is CCCCCCCCCCCCCCCCCC[C@H](CO)OCc1cc(F)cc(C#N)c1. The molecule has 32 heavy (non-hydrogen) atoms. The number of rotatable bonds is 21. The zero-order valence-corrected chi connectivity index (χ0v) is 20.4. The quantitative estimate of drug-likeness (QED) is 0.193. The minimum atomic E-state index is -0.430. The summed E-state index contributed by atoms with van der Waals surface area (Å²) < 4.78 is 19.2. The van der Waals surface area contributed by atoms with Crippen LogP contribution in [0.15, 0.2) is 18.2 Å². The lowest BCUT2D eigenvalue weighted by Gasteiger charge is -2.15. The topological polar surface area (TPSA) is 53.2 Å². The maximum atomic E-state index is 13.5. The molecular formula is C28H46FNO2. The average molecular weight is 448 g/mol. The molecule has 1 aromatic rings. The van der Waals surface area contributed by atoms with Crippen LogP contribution in [0.3, 0.4) is 0 Å². The van der Waals surface area contributed by atoms with Gasteiger partial charge < -0.3 is 9.84 Å². The summed E-state index contributed by atoms with van der Waals surface area (Å²) in [6.07, 6.45) is 22.0. The van der Waals surface area contributed by atoms with Crippen LogP contribution in [0, 0.1) is 17.1 Å². The van der Waals surface area contributed by atoms with Crippen molar-refractivity contribution in [2.45, 2.75) is 129 Å². The van der Waals surface area contributed by atoms with Crippen LogP contribution < -0.4 is 0 Å². The molecule has 0 saturated heterocycles. The van der Waals surface area contributed by atoms with E-state index in [4.69, 9.17) is 10.00 Å². The summed E-state index contributed by atoms with van der Waals surface area (Å²) >= 11 is 0. The Balaban J connectivity index is 1.93. The number of aliphatic hydroxyl groups is 1. The highest BCUT2D eigenvalue weighted by Gasteiger charge is 2.09. The maximum Gasteiger partial charge on any atom is 0.124 e. The first-order chi connectivity index (χ1) is 15.7. The van der Waals surface area contributed by atoms with Crippen molar-refractivity contribution >= 4 is 0 Å². The van der Waals surface area contributed by atoms with Gasteiger partial charge in [0, 0.05) is 0 Å². The molecule has 0 spiro atoms. The molecule has 0 radical (unpaired) electrons. The van der Waals surface area contributed by atoms with E-state index in [-0.39, 0.29) is 19.3 Å². The molecule has 0 fully saturated rings. The molecule has 0 aliphatic carbocycles. The predicted octanol–water partition coefficient (Wildman–Crippen LogP) is 8.23. The minimum Gasteiger partial charge on any atom is -0.394 e. The van der Waals surface area contributed by atoms with Gasteiger partial charge in [0.2, 0.25) is 0 Å². The molecule has 1 aromatic carbocycles. The highest BCUT2D eigenvalue weighted by atomic mass is 19.1. The number of aliphatic hydroxyl groups excluding tert-OH is 1. The van der Waals surface area contributed by atoms with Gasteiger partial charge in [-0.25, -0.2) is 4.39 Å². The minimum absolute atomic E-state index is 0.0286. The van der Waals surface area contributed by atoms with Crippen molar-refractivity contribution in [3.8, 4) is 6.07 Å². The van der Waals surface area contributed by atoms with E-state index >= 15 is 0 Å². The van der Waals surface area contributed by atoms with Crippen molar-refractivity contribution in [1.82, 2.24) is 0 Å². The highest BCUT2D eigenvalue weighted by molar-refractivity contribution is 5.33. The fraction of sp³-hybridized carbons (Fsp3) is 0.750. The summed E-state index contributed by atoms with van der Waals surface area (Å²) in [6, 6.07) is 6.17. The molecule has 1 atom stereocenters. The summed E-state index contributed by atoms with van der Waals surface area (Å²) in [7, 11) is 0. The Morgan fingerprint density at radius 1 is 0.812 bits per heavy atom. The summed E-state index contributed by atoms with van der Waals surface area (Å²) in [4.78, 5) is 0. The number of nitriles is 1. The van der Waals surface area contributed by atoms with Gasteiger partial charge in [0.15, 0.2) is 0 Å². The van der Waals surface area contributed by atoms with Gasteiger partial charge in [-0.15, -0.1) is 0 Å². The Hall–Kier alpha value is -1.44. The Morgan fingerprint density at radius 3 is 1.78 bits per heavy atom. The van der Waals surface area contributed by atoms with Crippen molar-refractivity contribution < 1.29 is 14.2 Å². The zero-order chi connectivity index (χ0) is 23.3. The van der Waals surface area contributed by atoms with Crippen molar-refractivity contribution in [2.24, 2.45) is 0 Å². The molecule has 0 aromatic heterocycles. The molecular weight excluding hydrogens is 401 g/mol. The van der Waals surface area contributed by atoms with E-state index in [0.29, 0.717) is 11.1 Å². The second-order valence-electron chi connectivity index (χ2n) is 9.17. The first kappa shape index (κ1) is 28.6. The molecule has 0 heterocycles. The second kappa shape index (κ2) is 20.2. The highest BCUT2D eigenvalue weighted by Crippen LogP contribution is 2.16. The Labute approximate surface area is 196 Å². The standard InChI is InChI=1S/C28H46FNO2/c1-2-3-4-5-6-7-8-9-10-11-12-13-14-15-16-17-18-28(23-31)32-24-26-19-25(22-30)20-27(29)21-26/h19-21,28,31H,2-18,23-24H2,1H3/t28-/m1/s1. The van der Waals surface area contributed by atoms with Gasteiger partial charge in [-0.1, -0.05) is 110 Å². The Kier molecular flexibility index (Phi) is 18.0. The van der Waals surface area contributed by atoms with Gasteiger partial charge in [-0.05, 0) is 30.2 Å². The summed E-state index contributed by atoms with van der Waals surface area (Å²) in [5.41, 5.74) is 0.925. The Bertz CT molecular complexity index is 614. The number of hydrogen-bond acceptors (Lipinski definition) is 3. The van der Waals surface area contributed by atoms with E-state index in [2.05, 4.69) is 6.92 Å². The Morgan fingerprint density at radius 2 is 1.31 bits per heavy atom. The smallest absolute Gasteiger partial charge is 0.124 e. The van der Waals surface area contributed by atoms with Crippen molar-refractivity contribution in [3.63, 3.8) is 0 Å². The number of hydrogen-bond donors (Lipinski definition) is 1. The average Bonchev–Trinajstić information content (AvgIpc) is 2.80. The predicted molar refractivity (Wildman–Crippen MR) is 131 cm³/mol. The number of ether oxygens (including phenoxy) is 1. The third-order valence-corrected chi connectivity index (χ3v) is 6.16. The van der Waals surface area contributed by atoms with Crippen LogP contribution in [0.25, 0.3) is 0 Å². The van der Waals surface area contributed by atoms with Crippen molar-refractivity contribution in [3.05, 3.63) is 35.1 Å². The molecule has 3 nitrogen and oxygen atoms in total. The fourth-order valence-corrected chi connectivity index (χ4v) is 4.16. The molecule has 0 amide bonds. The monoisotopic (exact) mass is 447 g/mol. The fourth-order valence-electron chi connectivity index (χ4n) is 4.16. The van der Waals surface area contributed by atoms with Gasteiger partial charge in [-0.2, -0.15) is 5.26 Å². The van der Waals surface area contributed by atoms with Crippen LogP contribution in [-0.2, 0) is 11.3 Å². The molecule has 0 aliphatic rings. The lowest BCUT2D eigenvalue weighted by molar-refractivity contribution is -0.00357. The zero-order valence-electron chi connectivity index (χ0n) is 20.4. The van der Waals surface area contributed by atoms with E-state index in [9.17, 15) is 9.50 Å². The number of unbranched alkanes of at least 4 members (excludes halogenated alkanes) is 15. The van der Waals surface area contributed by atoms with E-state index < -0.39 is 5.82 Å². The first-order valence-electron chi connectivity index (χ1n) is 13.1. The summed E-state index contributed by atoms with van der Waals surface area (Å²) in [6.45, 7) is 2.46. The summed E-state index contributed by atoms with van der Waals surface area (Å²) in [5, 5.41) is 18.5. The maximum absolute atomic E-state index is 13.5. The van der Waals surface area contributed by atoms with Crippen LogP contribution in [0.5, 0.6) is 0 Å². The van der Waals surface area contributed by atoms with Crippen molar-refractivity contribution in [1.29, 1.82) is 5.26 Å². The lowest BCUT2D eigenvalue weighted by atomic mass is 10.0. The van der Waals surface area contributed by atoms with E-state index in [1.165, 1.54) is 102 Å². The second-order valence-corrected chi connectivity index (χ2v) is 9.17. The molecule has 1 rings (SSSR count). The number of nitrogens with zero attached hydrogens (tertiary/aromatic N) is 1. The molecule has 0 saturated carbocycles. The van der Waals surface area contributed by atoms with Crippen LogP contribution in [0.4, 0.5) is 4.39 Å². The van der Waals surface area contributed by atoms with Gasteiger partial charge >= 0.3 is 0 Å². The molecule has 1 N–H and O–H groups in total. The van der Waals surface area contributed by atoms with Gasteiger partial charge in [-0.3, -0.25) is 0 Å². The van der Waals surface area contributed by atoms with Crippen LogP contribution in [0.1, 0.15) is 127 Å². The van der Waals surface area contributed by atoms with Crippen molar-refractivity contribution in [2.75, 3.05) is 6.61 Å². The first-order valence-corrected chi connectivity index (χ1v) is 13.1. The molecule has 0 bridgehead atoms. The number of benzene rings is 1. The third kappa shape index (κ3) is 15.4. The molecule has 0 unspecified atom stereocenters. The molecule has 4 heteroatoms. The van der Waals surface area contributed by atoms with Gasteiger partial charge in [0.05, 0.1) is 31.0 Å². The lowest BCUT2D eigenvalue weighted by Crippen LogP contribution is -2.17. The van der Waals surface area contributed by atoms with Crippen LogP contribution in [-0.4, -0.2) is 17.8 Å². The molecule has 0 aliphatic heterocycles. The van der Waals surface area contributed by atoms with Gasteiger partial charge in [0.25, 0.3) is 0 Å². The third-order valence-electron chi connectivity index (χ3n) is 6.16.